The lowest BCUT2D eigenvalue weighted by Gasteiger charge is -2.27. The number of rotatable bonds is 13. The summed E-state index contributed by atoms with van der Waals surface area (Å²) in [4.78, 5) is 24.6. The molecule has 0 saturated carbocycles. The number of hydrogen-bond acceptors (Lipinski definition) is 4. The second-order valence-electron chi connectivity index (χ2n) is 5.44. The van der Waals surface area contributed by atoms with Crippen LogP contribution in [0.2, 0.25) is 0 Å². The highest BCUT2D eigenvalue weighted by molar-refractivity contribution is 9.09. The third-order valence-corrected chi connectivity index (χ3v) is 4.48. The molecule has 0 heterocycles. The molecule has 4 nitrogen and oxygen atoms in total. The first kappa shape index (κ1) is 21.4. The van der Waals surface area contributed by atoms with Crippen molar-refractivity contribution in [1.29, 1.82) is 0 Å². The van der Waals surface area contributed by atoms with E-state index in [1.807, 2.05) is 6.92 Å². The van der Waals surface area contributed by atoms with Crippen LogP contribution in [-0.4, -0.2) is 30.5 Å². The average molecular weight is 379 g/mol. The first-order valence-electron chi connectivity index (χ1n) is 8.49. The fraction of sp³-hybridized carbons (Fsp3) is 0.882. The van der Waals surface area contributed by atoms with E-state index in [1.165, 1.54) is 19.3 Å². The topological polar surface area (TPSA) is 52.6 Å². The van der Waals surface area contributed by atoms with Gasteiger partial charge in [-0.25, -0.2) is 0 Å². The SMILES string of the molecule is CCOC(=O)C(CC)(CCCCCCCCBr)C(=O)OCC. The molecule has 0 aliphatic rings. The van der Waals surface area contributed by atoms with Crippen molar-refractivity contribution in [1.82, 2.24) is 0 Å². The van der Waals surface area contributed by atoms with Crippen LogP contribution in [0.4, 0.5) is 0 Å². The number of alkyl halides is 1. The predicted molar refractivity (Wildman–Crippen MR) is 92.1 cm³/mol. The second kappa shape index (κ2) is 12.9. The Morgan fingerprint density at radius 2 is 1.27 bits per heavy atom. The van der Waals surface area contributed by atoms with E-state index in [0.717, 1.165) is 24.6 Å². The van der Waals surface area contributed by atoms with E-state index in [0.29, 0.717) is 12.8 Å². The van der Waals surface area contributed by atoms with Gasteiger partial charge < -0.3 is 9.47 Å². The van der Waals surface area contributed by atoms with Gasteiger partial charge in [0.15, 0.2) is 5.41 Å². The van der Waals surface area contributed by atoms with Crippen LogP contribution in [0.1, 0.15) is 72.1 Å². The lowest BCUT2D eigenvalue weighted by Crippen LogP contribution is -2.41. The van der Waals surface area contributed by atoms with Crippen molar-refractivity contribution < 1.29 is 19.1 Å². The van der Waals surface area contributed by atoms with Crippen LogP contribution in [0.5, 0.6) is 0 Å². The van der Waals surface area contributed by atoms with Crippen LogP contribution in [0, 0.1) is 5.41 Å². The van der Waals surface area contributed by atoms with Crippen molar-refractivity contribution in [3.8, 4) is 0 Å². The standard InChI is InChI=1S/C17H31BrO4/c1-4-17(15(19)21-5-2,16(20)22-6-3)13-11-9-7-8-10-12-14-18/h4-14H2,1-3H3. The summed E-state index contributed by atoms with van der Waals surface area (Å²) in [5.74, 6) is -0.870. The highest BCUT2D eigenvalue weighted by atomic mass is 79.9. The van der Waals surface area contributed by atoms with Gasteiger partial charge in [-0.2, -0.15) is 0 Å². The molecule has 0 amide bonds. The molecule has 130 valence electrons. The molecule has 5 heteroatoms. The smallest absolute Gasteiger partial charge is 0.323 e. The molecular formula is C17H31BrO4. The van der Waals surface area contributed by atoms with Gasteiger partial charge in [-0.05, 0) is 33.1 Å². The molecule has 0 radical (unpaired) electrons. The summed E-state index contributed by atoms with van der Waals surface area (Å²) in [5, 5.41) is 1.05. The minimum atomic E-state index is -1.12. The lowest BCUT2D eigenvalue weighted by molar-refractivity contribution is -0.173. The Labute approximate surface area is 143 Å². The maximum absolute atomic E-state index is 12.3. The normalized spacial score (nSPS) is 11.3. The predicted octanol–water partition coefficient (Wildman–Crippen LogP) is 4.63. The second-order valence-corrected chi connectivity index (χ2v) is 6.23. The number of halogens is 1. The Hall–Kier alpha value is -0.580. The fourth-order valence-electron chi connectivity index (χ4n) is 2.52. The fourth-order valence-corrected chi connectivity index (χ4v) is 2.92. The minimum absolute atomic E-state index is 0.284. The van der Waals surface area contributed by atoms with Crippen LogP contribution >= 0.6 is 15.9 Å². The Balaban J connectivity index is 4.52. The van der Waals surface area contributed by atoms with Gasteiger partial charge >= 0.3 is 11.9 Å². The van der Waals surface area contributed by atoms with E-state index >= 15 is 0 Å². The van der Waals surface area contributed by atoms with E-state index in [-0.39, 0.29) is 13.2 Å². The Kier molecular flexibility index (Phi) is 12.6. The maximum Gasteiger partial charge on any atom is 0.323 e. The first-order chi connectivity index (χ1) is 10.6. The number of carbonyl (C=O) groups excluding carboxylic acids is 2. The molecule has 0 atom stereocenters. The zero-order valence-corrected chi connectivity index (χ0v) is 15.9. The van der Waals surface area contributed by atoms with Gasteiger partial charge in [0.05, 0.1) is 13.2 Å². The molecule has 0 saturated heterocycles. The van der Waals surface area contributed by atoms with Crippen LogP contribution in [0.3, 0.4) is 0 Å². The summed E-state index contributed by atoms with van der Waals surface area (Å²) >= 11 is 3.43. The van der Waals surface area contributed by atoms with Crippen molar-refractivity contribution in [3.63, 3.8) is 0 Å². The van der Waals surface area contributed by atoms with E-state index in [9.17, 15) is 9.59 Å². The third-order valence-electron chi connectivity index (χ3n) is 3.92. The van der Waals surface area contributed by atoms with Crippen molar-refractivity contribution in [2.45, 2.75) is 72.1 Å². The molecule has 0 fully saturated rings. The molecule has 0 bridgehead atoms. The molecule has 0 aliphatic carbocycles. The summed E-state index contributed by atoms with van der Waals surface area (Å²) in [6.45, 7) is 5.93. The first-order valence-corrected chi connectivity index (χ1v) is 9.61. The van der Waals surface area contributed by atoms with Crippen LogP contribution < -0.4 is 0 Å². The molecular weight excluding hydrogens is 348 g/mol. The summed E-state index contributed by atoms with van der Waals surface area (Å²) in [6.07, 6.45) is 7.57. The monoisotopic (exact) mass is 378 g/mol. The molecule has 0 N–H and O–H groups in total. The van der Waals surface area contributed by atoms with Gasteiger partial charge in [-0.1, -0.05) is 55.0 Å². The van der Waals surface area contributed by atoms with Crippen LogP contribution in [0.15, 0.2) is 0 Å². The quantitative estimate of drug-likeness (QED) is 0.203. The van der Waals surface area contributed by atoms with Gasteiger partial charge in [-0.3, -0.25) is 9.59 Å². The Morgan fingerprint density at radius 3 is 1.68 bits per heavy atom. The van der Waals surface area contributed by atoms with Gasteiger partial charge in [0.1, 0.15) is 0 Å². The largest absolute Gasteiger partial charge is 0.465 e. The van der Waals surface area contributed by atoms with E-state index in [2.05, 4.69) is 15.9 Å². The van der Waals surface area contributed by atoms with Crippen LogP contribution in [-0.2, 0) is 19.1 Å². The number of carbonyl (C=O) groups is 2. The molecule has 0 aromatic rings. The molecule has 0 rings (SSSR count). The zero-order valence-electron chi connectivity index (χ0n) is 14.3. The zero-order chi connectivity index (χ0) is 16.8. The maximum atomic E-state index is 12.3. The van der Waals surface area contributed by atoms with Crippen LogP contribution in [0.25, 0.3) is 0 Å². The van der Waals surface area contributed by atoms with E-state index in [1.54, 1.807) is 13.8 Å². The van der Waals surface area contributed by atoms with Gasteiger partial charge in [0, 0.05) is 5.33 Å². The average Bonchev–Trinajstić information content (AvgIpc) is 2.51. The van der Waals surface area contributed by atoms with Crippen molar-refractivity contribution in [2.75, 3.05) is 18.5 Å². The van der Waals surface area contributed by atoms with Crippen molar-refractivity contribution in [2.24, 2.45) is 5.41 Å². The highest BCUT2D eigenvalue weighted by Gasteiger charge is 2.46. The Morgan fingerprint density at radius 1 is 0.818 bits per heavy atom. The third kappa shape index (κ3) is 7.12. The molecule has 22 heavy (non-hydrogen) atoms. The summed E-state index contributed by atoms with van der Waals surface area (Å²) in [6, 6.07) is 0. The summed E-state index contributed by atoms with van der Waals surface area (Å²) in [5.41, 5.74) is -1.12. The van der Waals surface area contributed by atoms with E-state index in [4.69, 9.17) is 9.47 Å². The number of unbranched alkanes of at least 4 members (excludes halogenated alkanes) is 5. The van der Waals surface area contributed by atoms with Gasteiger partial charge in [0.2, 0.25) is 0 Å². The minimum Gasteiger partial charge on any atom is -0.465 e. The number of esters is 2. The molecule has 0 aromatic heterocycles. The Bertz CT molecular complexity index is 300. The van der Waals surface area contributed by atoms with E-state index < -0.39 is 17.4 Å². The molecule has 0 unspecified atom stereocenters. The lowest BCUT2D eigenvalue weighted by atomic mass is 9.80. The molecule has 0 spiro atoms. The summed E-state index contributed by atoms with van der Waals surface area (Å²) < 4.78 is 10.3. The molecule has 0 aromatic carbocycles. The van der Waals surface area contributed by atoms with Crippen molar-refractivity contribution >= 4 is 27.9 Å². The molecule has 0 aliphatic heterocycles. The highest BCUT2D eigenvalue weighted by Crippen LogP contribution is 2.33. The van der Waals surface area contributed by atoms with Gasteiger partial charge in [0.25, 0.3) is 0 Å². The summed E-state index contributed by atoms with van der Waals surface area (Å²) in [7, 11) is 0. The number of hydrogen-bond donors (Lipinski definition) is 0. The van der Waals surface area contributed by atoms with Crippen molar-refractivity contribution in [3.05, 3.63) is 0 Å². The number of ether oxygens (including phenoxy) is 2. The van der Waals surface area contributed by atoms with Gasteiger partial charge in [-0.15, -0.1) is 0 Å².